The van der Waals surface area contributed by atoms with Gasteiger partial charge in [-0.2, -0.15) is 0 Å². The highest BCUT2D eigenvalue weighted by molar-refractivity contribution is 5.96. The fraction of sp³-hybridized carbons (Fsp3) is 0.360. The second-order valence-corrected chi connectivity index (χ2v) is 7.69. The molecule has 1 unspecified atom stereocenters. The zero-order chi connectivity index (χ0) is 23.5. The van der Waals surface area contributed by atoms with E-state index in [0.717, 1.165) is 16.8 Å². The normalized spacial score (nSPS) is 14.8. The highest BCUT2D eigenvalue weighted by atomic mass is 16.6. The van der Waals surface area contributed by atoms with Crippen molar-refractivity contribution in [2.75, 3.05) is 38.3 Å². The SMILES string of the molecule is COCCOC(=O)CC1CN(C(=O)CCCNC(=O)/C=C/c2cccnc2)c2ccccc21. The number of aromatic nitrogens is 1. The largest absolute Gasteiger partial charge is 0.463 e. The Morgan fingerprint density at radius 3 is 2.82 bits per heavy atom. The number of carbonyl (C=O) groups is 3. The Bertz CT molecular complexity index is 977. The maximum absolute atomic E-state index is 12.9. The Balaban J connectivity index is 1.46. The zero-order valence-electron chi connectivity index (χ0n) is 18.7. The van der Waals surface area contributed by atoms with E-state index in [-0.39, 0.29) is 36.7 Å². The van der Waals surface area contributed by atoms with E-state index in [1.807, 2.05) is 30.3 Å². The van der Waals surface area contributed by atoms with Crippen LogP contribution in [-0.4, -0.2) is 56.2 Å². The number of anilines is 1. The summed E-state index contributed by atoms with van der Waals surface area (Å²) in [5.41, 5.74) is 2.65. The number of rotatable bonds is 11. The molecule has 1 aliphatic rings. The Kier molecular flexibility index (Phi) is 9.14. The fourth-order valence-corrected chi connectivity index (χ4v) is 3.70. The molecule has 0 saturated heterocycles. The molecule has 0 fully saturated rings. The maximum Gasteiger partial charge on any atom is 0.306 e. The minimum Gasteiger partial charge on any atom is -0.463 e. The summed E-state index contributed by atoms with van der Waals surface area (Å²) in [6.45, 7) is 1.41. The van der Waals surface area contributed by atoms with E-state index in [2.05, 4.69) is 10.3 Å². The van der Waals surface area contributed by atoms with Gasteiger partial charge in [0.05, 0.1) is 13.0 Å². The fourth-order valence-electron chi connectivity index (χ4n) is 3.70. The number of pyridine rings is 1. The lowest BCUT2D eigenvalue weighted by atomic mass is 9.98. The highest BCUT2D eigenvalue weighted by Crippen LogP contribution is 2.38. The van der Waals surface area contributed by atoms with Crippen LogP contribution in [0.1, 0.15) is 36.3 Å². The van der Waals surface area contributed by atoms with Crippen LogP contribution < -0.4 is 10.2 Å². The summed E-state index contributed by atoms with van der Waals surface area (Å²) in [5, 5.41) is 2.79. The van der Waals surface area contributed by atoms with Gasteiger partial charge in [-0.1, -0.05) is 24.3 Å². The summed E-state index contributed by atoms with van der Waals surface area (Å²) < 4.78 is 10.1. The molecule has 2 heterocycles. The number of fused-ring (bicyclic) bond motifs is 1. The van der Waals surface area contributed by atoms with Gasteiger partial charge in [0.2, 0.25) is 11.8 Å². The first-order valence-corrected chi connectivity index (χ1v) is 11.0. The molecule has 0 radical (unpaired) electrons. The monoisotopic (exact) mass is 451 g/mol. The molecule has 2 amide bonds. The van der Waals surface area contributed by atoms with E-state index >= 15 is 0 Å². The molecule has 0 bridgehead atoms. The van der Waals surface area contributed by atoms with Crippen molar-refractivity contribution in [1.29, 1.82) is 0 Å². The number of para-hydroxylation sites is 1. The van der Waals surface area contributed by atoms with Crippen molar-refractivity contribution in [1.82, 2.24) is 10.3 Å². The average molecular weight is 452 g/mol. The lowest BCUT2D eigenvalue weighted by Crippen LogP contribution is -2.31. The van der Waals surface area contributed by atoms with Crippen LogP contribution in [0.25, 0.3) is 6.08 Å². The van der Waals surface area contributed by atoms with Crippen LogP contribution in [-0.2, 0) is 23.9 Å². The third-order valence-electron chi connectivity index (χ3n) is 5.31. The van der Waals surface area contributed by atoms with Crippen molar-refractivity contribution in [2.45, 2.75) is 25.2 Å². The minimum atomic E-state index is -0.303. The van der Waals surface area contributed by atoms with E-state index in [0.29, 0.717) is 32.5 Å². The molecule has 1 aliphatic heterocycles. The van der Waals surface area contributed by atoms with Crippen LogP contribution in [0.5, 0.6) is 0 Å². The lowest BCUT2D eigenvalue weighted by Gasteiger charge is -2.18. The molecule has 2 aromatic rings. The molecule has 3 rings (SSSR count). The number of nitrogens with one attached hydrogen (secondary N) is 1. The van der Waals surface area contributed by atoms with Crippen LogP contribution >= 0.6 is 0 Å². The van der Waals surface area contributed by atoms with Crippen molar-refractivity contribution in [3.8, 4) is 0 Å². The molecular formula is C25H29N3O5. The molecule has 0 saturated carbocycles. The van der Waals surface area contributed by atoms with Crippen molar-refractivity contribution in [3.05, 3.63) is 66.0 Å². The number of amides is 2. The van der Waals surface area contributed by atoms with Gasteiger partial charge in [0.1, 0.15) is 6.61 Å². The molecule has 1 N–H and O–H groups in total. The number of carbonyl (C=O) groups excluding carboxylic acids is 3. The Morgan fingerprint density at radius 2 is 2.03 bits per heavy atom. The summed E-state index contributed by atoms with van der Waals surface area (Å²) in [5.74, 6) is -0.650. The van der Waals surface area contributed by atoms with Gasteiger partial charge >= 0.3 is 5.97 Å². The van der Waals surface area contributed by atoms with Gasteiger partial charge in [0.25, 0.3) is 0 Å². The Hall–Kier alpha value is -3.52. The molecular weight excluding hydrogens is 422 g/mol. The van der Waals surface area contributed by atoms with Crippen molar-refractivity contribution < 1.29 is 23.9 Å². The van der Waals surface area contributed by atoms with Crippen molar-refractivity contribution in [2.24, 2.45) is 0 Å². The van der Waals surface area contributed by atoms with Gasteiger partial charge in [-0.15, -0.1) is 0 Å². The molecule has 8 heteroatoms. The molecule has 33 heavy (non-hydrogen) atoms. The second-order valence-electron chi connectivity index (χ2n) is 7.69. The van der Waals surface area contributed by atoms with Gasteiger partial charge < -0.3 is 19.7 Å². The van der Waals surface area contributed by atoms with Gasteiger partial charge in [-0.3, -0.25) is 19.4 Å². The summed E-state index contributed by atoms with van der Waals surface area (Å²) in [4.78, 5) is 42.7. The smallest absolute Gasteiger partial charge is 0.306 e. The number of benzene rings is 1. The number of ether oxygens (including phenoxy) is 2. The minimum absolute atomic E-state index is 0.0298. The van der Waals surface area contributed by atoms with Crippen LogP contribution in [0.4, 0.5) is 5.69 Å². The average Bonchev–Trinajstić information content (AvgIpc) is 3.19. The maximum atomic E-state index is 12.9. The molecule has 0 spiro atoms. The number of hydrogen-bond acceptors (Lipinski definition) is 6. The van der Waals surface area contributed by atoms with Crippen molar-refractivity contribution in [3.63, 3.8) is 0 Å². The van der Waals surface area contributed by atoms with E-state index < -0.39 is 0 Å². The molecule has 1 atom stereocenters. The summed E-state index contributed by atoms with van der Waals surface area (Å²) in [6.07, 6.45) is 7.51. The third kappa shape index (κ3) is 7.25. The van der Waals surface area contributed by atoms with Crippen LogP contribution in [0.3, 0.4) is 0 Å². The van der Waals surface area contributed by atoms with Gasteiger partial charge in [-0.05, 0) is 35.8 Å². The zero-order valence-corrected chi connectivity index (χ0v) is 18.7. The molecule has 0 aliphatic carbocycles. The van der Waals surface area contributed by atoms with E-state index in [9.17, 15) is 14.4 Å². The molecule has 1 aromatic carbocycles. The van der Waals surface area contributed by atoms with E-state index in [4.69, 9.17) is 9.47 Å². The number of methoxy groups -OCH3 is 1. The highest BCUT2D eigenvalue weighted by Gasteiger charge is 2.33. The lowest BCUT2D eigenvalue weighted by molar-refractivity contribution is -0.145. The van der Waals surface area contributed by atoms with E-state index in [1.54, 1.807) is 36.5 Å². The quantitative estimate of drug-likeness (QED) is 0.321. The first-order chi connectivity index (χ1) is 16.1. The predicted molar refractivity (Wildman–Crippen MR) is 125 cm³/mol. The van der Waals surface area contributed by atoms with Gasteiger partial charge in [0.15, 0.2) is 0 Å². The van der Waals surface area contributed by atoms with E-state index in [1.165, 1.54) is 6.08 Å². The Labute approximate surface area is 193 Å². The molecule has 8 nitrogen and oxygen atoms in total. The van der Waals surface area contributed by atoms with Crippen LogP contribution in [0, 0.1) is 0 Å². The third-order valence-corrected chi connectivity index (χ3v) is 5.31. The van der Waals surface area contributed by atoms with Crippen molar-refractivity contribution >= 4 is 29.5 Å². The Morgan fingerprint density at radius 1 is 1.18 bits per heavy atom. The topological polar surface area (TPSA) is 97.8 Å². The summed E-state index contributed by atoms with van der Waals surface area (Å²) >= 11 is 0. The van der Waals surface area contributed by atoms with Gasteiger partial charge in [0, 0.05) is 56.7 Å². The van der Waals surface area contributed by atoms with Gasteiger partial charge in [-0.25, -0.2) is 0 Å². The summed E-state index contributed by atoms with van der Waals surface area (Å²) in [7, 11) is 1.55. The standard InChI is InChI=1S/C25H29N3O5/c1-32-14-15-33-25(31)16-20-18-28(22-8-3-2-7-21(20)22)24(30)9-5-13-27-23(29)11-10-19-6-4-12-26-17-19/h2-4,6-8,10-12,17,20H,5,9,13-16,18H2,1H3,(H,27,29)/b11-10+. The first kappa shape index (κ1) is 24.1. The molecule has 1 aromatic heterocycles. The van der Waals surface area contributed by atoms with Crippen LogP contribution in [0.15, 0.2) is 54.9 Å². The second kappa shape index (κ2) is 12.5. The van der Waals surface area contributed by atoms with Crippen LogP contribution in [0.2, 0.25) is 0 Å². The number of nitrogens with zero attached hydrogens (tertiary/aromatic N) is 2. The molecule has 174 valence electrons. The predicted octanol–water partition coefficient (Wildman–Crippen LogP) is 2.70. The number of esters is 1. The number of hydrogen-bond donors (Lipinski definition) is 1. The summed E-state index contributed by atoms with van der Waals surface area (Å²) in [6, 6.07) is 11.3. The first-order valence-electron chi connectivity index (χ1n) is 11.0.